The van der Waals surface area contributed by atoms with Crippen LogP contribution in [0.3, 0.4) is 0 Å². The number of amides is 1. The second kappa shape index (κ2) is 8.85. The van der Waals surface area contributed by atoms with Crippen molar-refractivity contribution in [2.24, 2.45) is 7.05 Å². The molecule has 3 aromatic rings. The van der Waals surface area contributed by atoms with E-state index in [0.29, 0.717) is 17.0 Å². The molecule has 1 aromatic heterocycles. The standard InChI is InChI=1S/C21H21BrF2N4OS/c1-21(2,3)13-7-5-12(6-8-13)19-26-27-20(28(19)4)30-11-17(29)25-18-15(22)9-14(23)10-16(18)24/h5-10H,11H2,1-4H3,(H,25,29). The lowest BCUT2D eigenvalue weighted by Crippen LogP contribution is -2.16. The number of nitrogens with one attached hydrogen (secondary N) is 1. The first-order valence-electron chi connectivity index (χ1n) is 9.14. The van der Waals surface area contributed by atoms with Gasteiger partial charge in [0.05, 0.1) is 11.4 Å². The number of rotatable bonds is 5. The van der Waals surface area contributed by atoms with Crippen LogP contribution in [0.15, 0.2) is 46.0 Å². The fourth-order valence-electron chi connectivity index (χ4n) is 2.78. The van der Waals surface area contributed by atoms with Crippen LogP contribution in [0.1, 0.15) is 26.3 Å². The van der Waals surface area contributed by atoms with Gasteiger partial charge in [-0.15, -0.1) is 10.2 Å². The summed E-state index contributed by atoms with van der Waals surface area (Å²) in [6.07, 6.45) is 0. The van der Waals surface area contributed by atoms with Crippen LogP contribution in [-0.2, 0) is 17.3 Å². The molecule has 0 atom stereocenters. The highest BCUT2D eigenvalue weighted by Crippen LogP contribution is 2.29. The Morgan fingerprint density at radius 2 is 1.83 bits per heavy atom. The smallest absolute Gasteiger partial charge is 0.234 e. The van der Waals surface area contributed by atoms with E-state index in [4.69, 9.17) is 0 Å². The summed E-state index contributed by atoms with van der Waals surface area (Å²) in [5.41, 5.74) is 2.11. The van der Waals surface area contributed by atoms with Crippen LogP contribution in [0.4, 0.5) is 14.5 Å². The van der Waals surface area contributed by atoms with E-state index in [2.05, 4.69) is 64.3 Å². The molecule has 0 fully saturated rings. The summed E-state index contributed by atoms with van der Waals surface area (Å²) in [6.45, 7) is 6.46. The summed E-state index contributed by atoms with van der Waals surface area (Å²) in [4.78, 5) is 12.2. The van der Waals surface area contributed by atoms with Crippen molar-refractivity contribution < 1.29 is 13.6 Å². The molecule has 30 heavy (non-hydrogen) atoms. The molecule has 0 spiro atoms. The van der Waals surface area contributed by atoms with Crippen LogP contribution in [0, 0.1) is 11.6 Å². The maximum Gasteiger partial charge on any atom is 0.234 e. The van der Waals surface area contributed by atoms with E-state index in [0.717, 1.165) is 11.6 Å². The molecule has 1 heterocycles. The second-order valence-corrected chi connectivity index (χ2v) is 9.57. The molecule has 3 rings (SSSR count). The minimum absolute atomic E-state index is 0.00179. The number of anilines is 1. The third-order valence-corrected chi connectivity index (χ3v) is 6.09. The Balaban J connectivity index is 1.68. The van der Waals surface area contributed by atoms with E-state index < -0.39 is 17.5 Å². The largest absolute Gasteiger partial charge is 0.322 e. The number of hydrogen-bond acceptors (Lipinski definition) is 4. The SMILES string of the molecule is Cn1c(SCC(=O)Nc2c(F)cc(F)cc2Br)nnc1-c1ccc(C(C)(C)C)cc1. The highest BCUT2D eigenvalue weighted by atomic mass is 79.9. The van der Waals surface area contributed by atoms with Gasteiger partial charge in [0.15, 0.2) is 16.8 Å². The van der Waals surface area contributed by atoms with Gasteiger partial charge in [-0.1, -0.05) is 56.8 Å². The molecule has 0 unspecified atom stereocenters. The monoisotopic (exact) mass is 494 g/mol. The van der Waals surface area contributed by atoms with E-state index in [1.54, 1.807) is 4.57 Å². The Morgan fingerprint density at radius 1 is 1.17 bits per heavy atom. The lowest BCUT2D eigenvalue weighted by Gasteiger charge is -2.19. The number of thioether (sulfide) groups is 1. The first-order valence-corrected chi connectivity index (χ1v) is 10.9. The zero-order valence-electron chi connectivity index (χ0n) is 17.0. The molecule has 0 radical (unpaired) electrons. The van der Waals surface area contributed by atoms with E-state index >= 15 is 0 Å². The van der Waals surface area contributed by atoms with Crippen molar-refractivity contribution in [1.29, 1.82) is 0 Å². The minimum Gasteiger partial charge on any atom is -0.322 e. The molecule has 1 N–H and O–H groups in total. The van der Waals surface area contributed by atoms with Crippen molar-refractivity contribution in [3.63, 3.8) is 0 Å². The third-order valence-electron chi connectivity index (χ3n) is 4.45. The lowest BCUT2D eigenvalue weighted by atomic mass is 9.87. The van der Waals surface area contributed by atoms with Gasteiger partial charge in [0.1, 0.15) is 5.82 Å². The quantitative estimate of drug-likeness (QED) is 0.472. The maximum atomic E-state index is 13.9. The molecule has 1 amide bonds. The number of halogens is 3. The first kappa shape index (κ1) is 22.4. The maximum absolute atomic E-state index is 13.9. The van der Waals surface area contributed by atoms with Crippen LogP contribution in [-0.4, -0.2) is 26.4 Å². The van der Waals surface area contributed by atoms with Crippen molar-refractivity contribution in [3.05, 3.63) is 58.1 Å². The van der Waals surface area contributed by atoms with Crippen molar-refractivity contribution in [2.75, 3.05) is 11.1 Å². The summed E-state index contributed by atoms with van der Waals surface area (Å²) in [5.74, 6) is -1.33. The molecule has 158 valence electrons. The average Bonchev–Trinajstić information content (AvgIpc) is 3.03. The number of nitrogens with zero attached hydrogens (tertiary/aromatic N) is 3. The predicted molar refractivity (Wildman–Crippen MR) is 119 cm³/mol. The Morgan fingerprint density at radius 3 is 2.43 bits per heavy atom. The molecular weight excluding hydrogens is 474 g/mol. The van der Waals surface area contributed by atoms with E-state index in [1.807, 2.05) is 19.2 Å². The van der Waals surface area contributed by atoms with Crippen molar-refractivity contribution >= 4 is 39.3 Å². The van der Waals surface area contributed by atoms with Gasteiger partial charge in [-0.05, 0) is 33.0 Å². The predicted octanol–water partition coefficient (Wildman–Crippen LogP) is 5.55. The van der Waals surface area contributed by atoms with Crippen LogP contribution < -0.4 is 5.32 Å². The van der Waals surface area contributed by atoms with Gasteiger partial charge in [-0.25, -0.2) is 8.78 Å². The third kappa shape index (κ3) is 5.07. The number of carbonyl (C=O) groups excluding carboxylic acids is 1. The number of hydrogen-bond donors (Lipinski definition) is 1. The van der Waals surface area contributed by atoms with Gasteiger partial charge >= 0.3 is 0 Å². The van der Waals surface area contributed by atoms with Crippen LogP contribution >= 0.6 is 27.7 Å². The Hall–Kier alpha value is -2.26. The highest BCUT2D eigenvalue weighted by Gasteiger charge is 2.17. The molecule has 9 heteroatoms. The van der Waals surface area contributed by atoms with Gasteiger partial charge in [0, 0.05) is 23.2 Å². The zero-order chi connectivity index (χ0) is 22.1. The van der Waals surface area contributed by atoms with Gasteiger partial charge in [0.25, 0.3) is 0 Å². The molecule has 5 nitrogen and oxygen atoms in total. The van der Waals surface area contributed by atoms with Gasteiger partial charge in [-0.3, -0.25) is 4.79 Å². The zero-order valence-corrected chi connectivity index (χ0v) is 19.4. The number of benzene rings is 2. The molecule has 2 aromatic carbocycles. The molecule has 0 aliphatic rings. The van der Waals surface area contributed by atoms with E-state index in [1.165, 1.54) is 17.3 Å². The van der Waals surface area contributed by atoms with Gasteiger partial charge in [-0.2, -0.15) is 0 Å². The molecule has 0 saturated carbocycles. The lowest BCUT2D eigenvalue weighted by molar-refractivity contribution is -0.113. The molecule has 0 aliphatic carbocycles. The van der Waals surface area contributed by atoms with Crippen LogP contribution in [0.25, 0.3) is 11.4 Å². The summed E-state index contributed by atoms with van der Waals surface area (Å²) in [5, 5.41) is 11.4. The van der Waals surface area contributed by atoms with Gasteiger partial charge < -0.3 is 9.88 Å². The van der Waals surface area contributed by atoms with Crippen LogP contribution in [0.2, 0.25) is 0 Å². The molecule has 0 bridgehead atoms. The average molecular weight is 495 g/mol. The fraction of sp³-hybridized carbons (Fsp3) is 0.286. The normalized spacial score (nSPS) is 11.6. The Kier molecular flexibility index (Phi) is 6.62. The first-order chi connectivity index (χ1) is 14.1. The molecule has 0 aliphatic heterocycles. The summed E-state index contributed by atoms with van der Waals surface area (Å²) < 4.78 is 29.0. The van der Waals surface area contributed by atoms with Crippen molar-refractivity contribution in [2.45, 2.75) is 31.3 Å². The minimum atomic E-state index is -0.847. The van der Waals surface area contributed by atoms with Gasteiger partial charge in [0.2, 0.25) is 5.91 Å². The van der Waals surface area contributed by atoms with Crippen molar-refractivity contribution in [3.8, 4) is 11.4 Å². The topological polar surface area (TPSA) is 59.8 Å². The van der Waals surface area contributed by atoms with E-state index in [-0.39, 0.29) is 21.3 Å². The summed E-state index contributed by atoms with van der Waals surface area (Å²) >= 11 is 4.23. The summed E-state index contributed by atoms with van der Waals surface area (Å²) in [6, 6.07) is 9.94. The number of carbonyl (C=O) groups is 1. The van der Waals surface area contributed by atoms with Crippen LogP contribution in [0.5, 0.6) is 0 Å². The Labute approximate surface area is 186 Å². The Bertz CT molecular complexity index is 1050. The second-order valence-electron chi connectivity index (χ2n) is 7.77. The van der Waals surface area contributed by atoms with E-state index in [9.17, 15) is 13.6 Å². The van der Waals surface area contributed by atoms with Crippen molar-refractivity contribution in [1.82, 2.24) is 14.8 Å². The highest BCUT2D eigenvalue weighted by molar-refractivity contribution is 9.10. The fourth-order valence-corrected chi connectivity index (χ4v) is 4.00. The summed E-state index contributed by atoms with van der Waals surface area (Å²) in [7, 11) is 1.82. The molecular formula is C21H21BrF2N4OS. The number of aromatic nitrogens is 3. The molecule has 0 saturated heterocycles.